The highest BCUT2D eigenvalue weighted by Crippen LogP contribution is 2.19. The molecule has 0 bridgehead atoms. The Bertz CT molecular complexity index is 623. The van der Waals surface area contributed by atoms with Crippen LogP contribution in [0.1, 0.15) is 46.1 Å². The number of aliphatic imine (C=N–C) groups is 1. The SMILES string of the molecule is CCNC(=NCCNC(=O)C(C)C)NC1CCN(Cc2ccccc2)C(C)C1.I. The van der Waals surface area contributed by atoms with E-state index < -0.39 is 0 Å². The summed E-state index contributed by atoms with van der Waals surface area (Å²) in [6.07, 6.45) is 2.20. The number of amides is 1. The zero-order chi connectivity index (χ0) is 20.4. The molecule has 7 heteroatoms. The fourth-order valence-corrected chi connectivity index (χ4v) is 3.47. The highest BCUT2D eigenvalue weighted by molar-refractivity contribution is 14.0. The van der Waals surface area contributed by atoms with E-state index in [1.165, 1.54) is 5.56 Å². The van der Waals surface area contributed by atoms with Gasteiger partial charge in [0.05, 0.1) is 6.54 Å². The molecule has 164 valence electrons. The van der Waals surface area contributed by atoms with Gasteiger partial charge in [-0.1, -0.05) is 44.2 Å². The lowest BCUT2D eigenvalue weighted by Crippen LogP contribution is -2.51. The fraction of sp³-hybridized carbons (Fsp3) is 0.636. The standard InChI is InChI=1S/C22H37N5O.HI/c1-5-23-22(25-13-12-24-21(28)17(2)3)26-20-11-14-27(18(4)15-20)16-19-9-7-6-8-10-19;/h6-10,17-18,20H,5,11-16H2,1-4H3,(H,24,28)(H2,23,25,26);1H. The number of hydrogen-bond donors (Lipinski definition) is 3. The van der Waals surface area contributed by atoms with Crippen molar-refractivity contribution in [3.05, 3.63) is 35.9 Å². The van der Waals surface area contributed by atoms with Gasteiger partial charge in [-0.25, -0.2) is 0 Å². The van der Waals surface area contributed by atoms with E-state index in [-0.39, 0.29) is 35.8 Å². The highest BCUT2D eigenvalue weighted by atomic mass is 127. The maximum absolute atomic E-state index is 11.6. The van der Waals surface area contributed by atoms with Gasteiger partial charge < -0.3 is 16.0 Å². The van der Waals surface area contributed by atoms with Gasteiger partial charge in [-0.05, 0) is 32.3 Å². The van der Waals surface area contributed by atoms with Crippen LogP contribution in [0.2, 0.25) is 0 Å². The van der Waals surface area contributed by atoms with E-state index in [9.17, 15) is 4.79 Å². The van der Waals surface area contributed by atoms with Crippen LogP contribution in [0.25, 0.3) is 0 Å². The van der Waals surface area contributed by atoms with Gasteiger partial charge in [0.15, 0.2) is 5.96 Å². The molecular formula is C22H38IN5O. The molecule has 2 rings (SSSR count). The molecule has 1 aromatic rings. The maximum atomic E-state index is 11.6. The third-order valence-electron chi connectivity index (χ3n) is 5.13. The quantitative estimate of drug-likeness (QED) is 0.216. The Balaban J connectivity index is 0.00000420. The van der Waals surface area contributed by atoms with Crippen LogP contribution in [0.4, 0.5) is 0 Å². The van der Waals surface area contributed by atoms with Crippen LogP contribution in [-0.4, -0.2) is 55.0 Å². The van der Waals surface area contributed by atoms with Crippen LogP contribution >= 0.6 is 24.0 Å². The van der Waals surface area contributed by atoms with Gasteiger partial charge in [-0.15, -0.1) is 24.0 Å². The van der Waals surface area contributed by atoms with Crippen molar-refractivity contribution in [2.24, 2.45) is 10.9 Å². The molecule has 0 aliphatic carbocycles. The number of benzene rings is 1. The number of nitrogens with one attached hydrogen (secondary N) is 3. The summed E-state index contributed by atoms with van der Waals surface area (Å²) in [5.41, 5.74) is 1.37. The number of halogens is 1. The first kappa shape index (κ1) is 25.7. The van der Waals surface area contributed by atoms with Crippen LogP contribution in [0, 0.1) is 5.92 Å². The minimum atomic E-state index is 0. The Morgan fingerprint density at radius 2 is 1.97 bits per heavy atom. The maximum Gasteiger partial charge on any atom is 0.222 e. The zero-order valence-corrected chi connectivity index (χ0v) is 20.6. The Kier molecular flexibility index (Phi) is 12.2. The van der Waals surface area contributed by atoms with Gasteiger partial charge in [0, 0.05) is 44.2 Å². The molecule has 0 radical (unpaired) electrons. The van der Waals surface area contributed by atoms with Crippen LogP contribution in [0.3, 0.4) is 0 Å². The van der Waals surface area contributed by atoms with Crippen molar-refractivity contribution in [2.45, 2.75) is 59.2 Å². The summed E-state index contributed by atoms with van der Waals surface area (Å²) in [5, 5.41) is 9.81. The predicted octanol–water partition coefficient (Wildman–Crippen LogP) is 2.98. The predicted molar refractivity (Wildman–Crippen MR) is 132 cm³/mol. The summed E-state index contributed by atoms with van der Waals surface area (Å²) in [4.78, 5) is 18.8. The Labute approximate surface area is 193 Å². The number of hydrogen-bond acceptors (Lipinski definition) is 3. The number of carbonyl (C=O) groups is 1. The van der Waals surface area contributed by atoms with Crippen LogP contribution in [-0.2, 0) is 11.3 Å². The molecule has 1 heterocycles. The Morgan fingerprint density at radius 3 is 2.59 bits per heavy atom. The van der Waals surface area contributed by atoms with Crippen molar-refractivity contribution in [1.82, 2.24) is 20.9 Å². The van der Waals surface area contributed by atoms with Crippen molar-refractivity contribution >= 4 is 35.8 Å². The van der Waals surface area contributed by atoms with Crippen molar-refractivity contribution in [2.75, 3.05) is 26.2 Å². The molecule has 1 aliphatic heterocycles. The van der Waals surface area contributed by atoms with E-state index in [1.807, 2.05) is 13.8 Å². The van der Waals surface area contributed by atoms with Gasteiger partial charge in [0.2, 0.25) is 5.91 Å². The first-order valence-electron chi connectivity index (χ1n) is 10.6. The number of guanidine groups is 1. The molecule has 1 fully saturated rings. The van der Waals surface area contributed by atoms with Gasteiger partial charge in [0.1, 0.15) is 0 Å². The number of carbonyl (C=O) groups excluding carboxylic acids is 1. The lowest BCUT2D eigenvalue weighted by molar-refractivity contribution is -0.123. The van der Waals surface area contributed by atoms with Gasteiger partial charge in [-0.2, -0.15) is 0 Å². The number of nitrogens with zero attached hydrogens (tertiary/aromatic N) is 2. The molecule has 1 amide bonds. The monoisotopic (exact) mass is 515 g/mol. The lowest BCUT2D eigenvalue weighted by atomic mass is 9.97. The summed E-state index contributed by atoms with van der Waals surface area (Å²) >= 11 is 0. The van der Waals surface area contributed by atoms with Crippen LogP contribution in [0.15, 0.2) is 35.3 Å². The molecular weight excluding hydrogens is 477 g/mol. The topological polar surface area (TPSA) is 68.8 Å². The largest absolute Gasteiger partial charge is 0.357 e. The molecule has 1 aliphatic rings. The Hall–Kier alpha value is -1.35. The third kappa shape index (κ3) is 9.33. The molecule has 2 unspecified atom stereocenters. The van der Waals surface area contributed by atoms with E-state index in [4.69, 9.17) is 0 Å². The zero-order valence-electron chi connectivity index (χ0n) is 18.3. The minimum Gasteiger partial charge on any atom is -0.357 e. The van der Waals surface area contributed by atoms with Gasteiger partial charge >= 0.3 is 0 Å². The van der Waals surface area contributed by atoms with Crippen molar-refractivity contribution in [1.29, 1.82) is 0 Å². The van der Waals surface area contributed by atoms with Crippen molar-refractivity contribution < 1.29 is 4.79 Å². The molecule has 2 atom stereocenters. The smallest absolute Gasteiger partial charge is 0.222 e. The number of piperidine rings is 1. The first-order valence-corrected chi connectivity index (χ1v) is 10.6. The van der Waals surface area contributed by atoms with Gasteiger partial charge in [0.25, 0.3) is 0 Å². The van der Waals surface area contributed by atoms with E-state index in [0.29, 0.717) is 25.2 Å². The molecule has 1 aromatic carbocycles. The summed E-state index contributed by atoms with van der Waals surface area (Å²) in [6.45, 7) is 12.2. The summed E-state index contributed by atoms with van der Waals surface area (Å²) in [5.74, 6) is 0.931. The second-order valence-corrected chi connectivity index (χ2v) is 7.88. The molecule has 3 N–H and O–H groups in total. The molecule has 1 saturated heterocycles. The van der Waals surface area contributed by atoms with Gasteiger partial charge in [-0.3, -0.25) is 14.7 Å². The summed E-state index contributed by atoms with van der Waals surface area (Å²) in [7, 11) is 0. The van der Waals surface area contributed by atoms with E-state index in [1.54, 1.807) is 0 Å². The van der Waals surface area contributed by atoms with E-state index in [0.717, 1.165) is 38.4 Å². The average Bonchev–Trinajstić information content (AvgIpc) is 2.68. The summed E-state index contributed by atoms with van der Waals surface area (Å²) in [6, 6.07) is 11.6. The molecule has 0 aromatic heterocycles. The number of likely N-dealkylation sites (tertiary alicyclic amines) is 1. The minimum absolute atomic E-state index is 0. The fourth-order valence-electron chi connectivity index (χ4n) is 3.47. The van der Waals surface area contributed by atoms with Crippen LogP contribution in [0.5, 0.6) is 0 Å². The van der Waals surface area contributed by atoms with E-state index in [2.05, 4.69) is 70.0 Å². The lowest BCUT2D eigenvalue weighted by Gasteiger charge is -2.38. The number of rotatable bonds is 8. The first-order chi connectivity index (χ1) is 13.5. The molecule has 6 nitrogen and oxygen atoms in total. The average molecular weight is 515 g/mol. The normalized spacial score (nSPS) is 20.1. The Morgan fingerprint density at radius 1 is 1.24 bits per heavy atom. The second kappa shape index (κ2) is 13.8. The molecule has 0 saturated carbocycles. The second-order valence-electron chi connectivity index (χ2n) is 7.88. The van der Waals surface area contributed by atoms with Crippen molar-refractivity contribution in [3.63, 3.8) is 0 Å². The molecule has 0 spiro atoms. The van der Waals surface area contributed by atoms with Crippen molar-refractivity contribution in [3.8, 4) is 0 Å². The van der Waals surface area contributed by atoms with E-state index >= 15 is 0 Å². The molecule has 29 heavy (non-hydrogen) atoms. The van der Waals surface area contributed by atoms with Crippen LogP contribution < -0.4 is 16.0 Å². The third-order valence-corrected chi connectivity index (χ3v) is 5.13. The highest BCUT2D eigenvalue weighted by Gasteiger charge is 2.25. The summed E-state index contributed by atoms with van der Waals surface area (Å²) < 4.78 is 0.